The third kappa shape index (κ3) is 6.35. The van der Waals surface area contributed by atoms with Gasteiger partial charge in [0.1, 0.15) is 6.10 Å². The molecule has 4 rings (SSSR count). The Hall–Kier alpha value is -3.28. The van der Waals surface area contributed by atoms with Crippen molar-refractivity contribution in [2.45, 2.75) is 70.3 Å². The van der Waals surface area contributed by atoms with Crippen LogP contribution >= 0.6 is 0 Å². The van der Waals surface area contributed by atoms with E-state index >= 15 is 0 Å². The zero-order valence-electron chi connectivity index (χ0n) is 21.4. The molecule has 0 amide bonds. The number of ether oxygens (including phenoxy) is 2. The van der Waals surface area contributed by atoms with Gasteiger partial charge in [0, 0.05) is 5.56 Å². The number of hydrogen-bond donors (Lipinski definition) is 0. The summed E-state index contributed by atoms with van der Waals surface area (Å²) < 4.78 is 54.4. The smallest absolute Gasteiger partial charge is 0.341 e. The molecule has 0 aliphatic heterocycles. The van der Waals surface area contributed by atoms with E-state index < -0.39 is 35.1 Å². The van der Waals surface area contributed by atoms with Crippen LogP contribution in [0.4, 0.5) is 13.2 Å². The third-order valence-corrected chi connectivity index (χ3v) is 7.23. The first-order chi connectivity index (χ1) is 17.9. The van der Waals surface area contributed by atoms with E-state index in [2.05, 4.69) is 6.92 Å². The van der Waals surface area contributed by atoms with Gasteiger partial charge in [-0.1, -0.05) is 56.2 Å². The highest BCUT2D eigenvalue weighted by atomic mass is 19.2. The first kappa shape index (κ1) is 26.8. The minimum atomic E-state index is -1.20. The van der Waals surface area contributed by atoms with E-state index in [-0.39, 0.29) is 17.2 Å². The minimum Gasteiger partial charge on any atom is -0.494 e. The molecule has 3 aromatic rings. The van der Waals surface area contributed by atoms with E-state index in [0.29, 0.717) is 31.2 Å². The Labute approximate surface area is 216 Å². The van der Waals surface area contributed by atoms with Gasteiger partial charge < -0.3 is 9.47 Å². The van der Waals surface area contributed by atoms with Crippen LogP contribution in [0, 0.1) is 17.5 Å². The van der Waals surface area contributed by atoms with E-state index in [4.69, 9.17) is 9.47 Å². The van der Waals surface area contributed by atoms with Crippen molar-refractivity contribution in [3.8, 4) is 16.9 Å². The molecule has 1 aliphatic rings. The van der Waals surface area contributed by atoms with Gasteiger partial charge in [-0.15, -0.1) is 0 Å². The molecule has 1 saturated carbocycles. The zero-order valence-corrected chi connectivity index (χ0v) is 21.4. The second-order valence-electron chi connectivity index (χ2n) is 9.72. The molecule has 0 radical (unpaired) electrons. The Balaban J connectivity index is 1.37. The fraction of sp³-hybridized carbons (Fsp3) is 0.387. The van der Waals surface area contributed by atoms with Crippen LogP contribution in [0.15, 0.2) is 54.6 Å². The standard InChI is InChI=1S/C31H33F3O3/c1-3-4-5-6-20-7-9-22(10-8-20)25-16-17-26(30(34)29(25)33)31(35)37-24-14-11-21(12-15-24)23-13-18-28(36-2)27(32)19-23/h7-10,13,16-19,21,24H,3-6,11-12,14-15H2,1-2H3. The lowest BCUT2D eigenvalue weighted by Crippen LogP contribution is -2.24. The lowest BCUT2D eigenvalue weighted by molar-refractivity contribution is 0.0189. The maximum atomic E-state index is 14.9. The maximum absolute atomic E-state index is 14.9. The van der Waals surface area contributed by atoms with Gasteiger partial charge in [-0.25, -0.2) is 18.0 Å². The fourth-order valence-electron chi connectivity index (χ4n) is 5.03. The van der Waals surface area contributed by atoms with Crippen LogP contribution in [0.5, 0.6) is 5.75 Å². The molecule has 3 aromatic carbocycles. The molecule has 196 valence electrons. The molecule has 37 heavy (non-hydrogen) atoms. The molecular weight excluding hydrogens is 477 g/mol. The molecule has 0 aromatic heterocycles. The maximum Gasteiger partial charge on any atom is 0.341 e. The van der Waals surface area contributed by atoms with Crippen LogP contribution in [0.3, 0.4) is 0 Å². The van der Waals surface area contributed by atoms with Crippen LogP contribution in [0.2, 0.25) is 0 Å². The highest BCUT2D eigenvalue weighted by Gasteiger charge is 2.28. The number of benzene rings is 3. The normalized spacial score (nSPS) is 17.4. The summed E-state index contributed by atoms with van der Waals surface area (Å²) in [5.74, 6) is -3.19. The van der Waals surface area contributed by atoms with Crippen molar-refractivity contribution in [3.05, 3.63) is 88.7 Å². The van der Waals surface area contributed by atoms with Gasteiger partial charge in [-0.05, 0) is 79.3 Å². The van der Waals surface area contributed by atoms with E-state index in [1.165, 1.54) is 25.3 Å². The topological polar surface area (TPSA) is 35.5 Å². The number of rotatable bonds is 9. The predicted octanol–water partition coefficient (Wildman–Crippen LogP) is 8.40. The summed E-state index contributed by atoms with van der Waals surface area (Å²) in [7, 11) is 1.42. The number of aryl methyl sites for hydroxylation is 1. The number of carbonyl (C=O) groups excluding carboxylic acids is 1. The van der Waals surface area contributed by atoms with Gasteiger partial charge in [-0.2, -0.15) is 0 Å². The molecule has 0 unspecified atom stereocenters. The van der Waals surface area contributed by atoms with Crippen LogP contribution in [0.25, 0.3) is 11.1 Å². The Morgan fingerprint density at radius 3 is 2.27 bits per heavy atom. The molecule has 0 bridgehead atoms. The molecule has 0 N–H and O–H groups in total. The molecular formula is C31H33F3O3. The second kappa shape index (κ2) is 12.3. The van der Waals surface area contributed by atoms with E-state index in [1.807, 2.05) is 18.2 Å². The number of methoxy groups -OCH3 is 1. The first-order valence-corrected chi connectivity index (χ1v) is 13.0. The van der Waals surface area contributed by atoms with Crippen molar-refractivity contribution >= 4 is 5.97 Å². The van der Waals surface area contributed by atoms with Gasteiger partial charge in [0.05, 0.1) is 12.7 Å². The number of carbonyl (C=O) groups is 1. The Bertz CT molecular complexity index is 1220. The molecule has 6 heteroatoms. The molecule has 0 saturated heterocycles. The van der Waals surface area contributed by atoms with Crippen molar-refractivity contribution in [2.75, 3.05) is 7.11 Å². The SMILES string of the molecule is CCCCCc1ccc(-c2ccc(C(=O)OC3CCC(c4ccc(OC)c(F)c4)CC3)c(F)c2F)cc1. The van der Waals surface area contributed by atoms with E-state index in [0.717, 1.165) is 36.8 Å². The zero-order chi connectivity index (χ0) is 26.4. The van der Waals surface area contributed by atoms with E-state index in [1.54, 1.807) is 18.2 Å². The van der Waals surface area contributed by atoms with Crippen molar-refractivity contribution in [1.29, 1.82) is 0 Å². The van der Waals surface area contributed by atoms with Crippen LogP contribution < -0.4 is 4.74 Å². The predicted molar refractivity (Wildman–Crippen MR) is 138 cm³/mol. The highest BCUT2D eigenvalue weighted by molar-refractivity contribution is 5.90. The average molecular weight is 511 g/mol. The second-order valence-corrected chi connectivity index (χ2v) is 9.72. The highest BCUT2D eigenvalue weighted by Crippen LogP contribution is 2.36. The molecule has 1 aliphatic carbocycles. The molecule has 3 nitrogen and oxygen atoms in total. The average Bonchev–Trinajstić information content (AvgIpc) is 2.91. The van der Waals surface area contributed by atoms with Crippen molar-refractivity contribution in [2.24, 2.45) is 0 Å². The van der Waals surface area contributed by atoms with Crippen molar-refractivity contribution < 1.29 is 27.4 Å². The summed E-state index contributed by atoms with van der Waals surface area (Å²) in [5.41, 5.74) is 2.30. The van der Waals surface area contributed by atoms with Crippen LogP contribution in [-0.4, -0.2) is 19.2 Å². The summed E-state index contributed by atoms with van der Waals surface area (Å²) in [4.78, 5) is 12.7. The Kier molecular flexibility index (Phi) is 8.91. The summed E-state index contributed by atoms with van der Waals surface area (Å²) in [6.07, 6.45) is 6.49. The van der Waals surface area contributed by atoms with Crippen LogP contribution in [0.1, 0.15) is 79.3 Å². The van der Waals surface area contributed by atoms with Gasteiger partial charge in [0.25, 0.3) is 0 Å². The quantitative estimate of drug-likeness (QED) is 0.214. The molecule has 0 heterocycles. The van der Waals surface area contributed by atoms with Crippen molar-refractivity contribution in [1.82, 2.24) is 0 Å². The number of halogens is 3. The summed E-state index contributed by atoms with van der Waals surface area (Å²) in [6.45, 7) is 2.15. The van der Waals surface area contributed by atoms with Crippen LogP contribution in [-0.2, 0) is 11.2 Å². The molecule has 0 atom stereocenters. The molecule has 1 fully saturated rings. The monoisotopic (exact) mass is 510 g/mol. The van der Waals surface area contributed by atoms with E-state index in [9.17, 15) is 18.0 Å². The number of unbranched alkanes of at least 4 members (excludes halogenated alkanes) is 2. The van der Waals surface area contributed by atoms with Gasteiger partial charge in [-0.3, -0.25) is 0 Å². The first-order valence-electron chi connectivity index (χ1n) is 13.0. The Morgan fingerprint density at radius 1 is 0.892 bits per heavy atom. The Morgan fingerprint density at radius 2 is 1.62 bits per heavy atom. The number of hydrogen-bond acceptors (Lipinski definition) is 3. The third-order valence-electron chi connectivity index (χ3n) is 7.23. The largest absolute Gasteiger partial charge is 0.494 e. The van der Waals surface area contributed by atoms with Gasteiger partial charge >= 0.3 is 5.97 Å². The van der Waals surface area contributed by atoms with Gasteiger partial charge in [0.15, 0.2) is 23.2 Å². The fourth-order valence-corrected chi connectivity index (χ4v) is 5.03. The van der Waals surface area contributed by atoms with Gasteiger partial charge in [0.2, 0.25) is 0 Å². The summed E-state index contributed by atoms with van der Waals surface area (Å²) >= 11 is 0. The lowest BCUT2D eigenvalue weighted by Gasteiger charge is -2.28. The lowest BCUT2D eigenvalue weighted by atomic mass is 9.82. The number of esters is 1. The minimum absolute atomic E-state index is 0.112. The van der Waals surface area contributed by atoms with Crippen molar-refractivity contribution in [3.63, 3.8) is 0 Å². The summed E-state index contributed by atoms with van der Waals surface area (Å²) in [5, 5.41) is 0. The molecule has 0 spiro atoms. The summed E-state index contributed by atoms with van der Waals surface area (Å²) in [6, 6.07) is 15.1.